The first-order valence-corrected chi connectivity index (χ1v) is 6.25. The maximum absolute atomic E-state index is 11.6. The highest BCUT2D eigenvalue weighted by atomic mass is 16.5. The van der Waals surface area contributed by atoms with E-state index in [9.17, 15) is 4.79 Å². The van der Waals surface area contributed by atoms with Gasteiger partial charge in [0.1, 0.15) is 0 Å². The van der Waals surface area contributed by atoms with E-state index >= 15 is 0 Å². The molecule has 0 aliphatic carbocycles. The summed E-state index contributed by atoms with van der Waals surface area (Å²) < 4.78 is 4.95. The summed E-state index contributed by atoms with van der Waals surface area (Å²) in [4.78, 5) is 11.6. The van der Waals surface area contributed by atoms with E-state index in [2.05, 4.69) is 0 Å². The highest BCUT2D eigenvalue weighted by Gasteiger charge is 2.06. The molecule has 0 fully saturated rings. The number of aryl methyl sites for hydroxylation is 1. The molecule has 3 heteroatoms. The van der Waals surface area contributed by atoms with Gasteiger partial charge in [-0.15, -0.1) is 0 Å². The lowest BCUT2D eigenvalue weighted by Crippen LogP contribution is -2.04. The zero-order chi connectivity index (χ0) is 13.8. The van der Waals surface area contributed by atoms with Crippen LogP contribution in [0.2, 0.25) is 0 Å². The zero-order valence-corrected chi connectivity index (χ0v) is 11.1. The van der Waals surface area contributed by atoms with Crippen molar-refractivity contribution in [2.75, 3.05) is 12.3 Å². The Kier molecular flexibility index (Phi) is 3.85. The summed E-state index contributed by atoms with van der Waals surface area (Å²) in [7, 11) is 0. The number of hydrogen-bond donors (Lipinski definition) is 1. The molecule has 0 spiro atoms. The van der Waals surface area contributed by atoms with E-state index < -0.39 is 0 Å². The topological polar surface area (TPSA) is 52.3 Å². The number of anilines is 1. The fraction of sp³-hybridized carbons (Fsp3) is 0.188. The van der Waals surface area contributed by atoms with Crippen molar-refractivity contribution in [1.29, 1.82) is 0 Å². The van der Waals surface area contributed by atoms with Crippen LogP contribution >= 0.6 is 0 Å². The molecule has 3 nitrogen and oxygen atoms in total. The molecule has 0 radical (unpaired) electrons. The second-order valence-corrected chi connectivity index (χ2v) is 4.37. The van der Waals surface area contributed by atoms with Gasteiger partial charge < -0.3 is 10.5 Å². The van der Waals surface area contributed by atoms with Crippen molar-refractivity contribution >= 4 is 11.7 Å². The number of nitrogens with two attached hydrogens (primary N) is 1. The highest BCUT2D eigenvalue weighted by Crippen LogP contribution is 2.23. The van der Waals surface area contributed by atoms with Crippen molar-refractivity contribution in [2.45, 2.75) is 13.8 Å². The molecule has 2 aromatic rings. The molecule has 2 aromatic carbocycles. The largest absolute Gasteiger partial charge is 0.462 e. The minimum absolute atomic E-state index is 0.289. The van der Waals surface area contributed by atoms with Crippen LogP contribution in [-0.4, -0.2) is 12.6 Å². The first kappa shape index (κ1) is 13.1. The zero-order valence-electron chi connectivity index (χ0n) is 11.1. The number of esters is 1. The van der Waals surface area contributed by atoms with E-state index in [0.29, 0.717) is 12.2 Å². The number of rotatable bonds is 3. The number of hydrogen-bond acceptors (Lipinski definition) is 3. The molecule has 19 heavy (non-hydrogen) atoms. The molecular weight excluding hydrogens is 238 g/mol. The lowest BCUT2D eigenvalue weighted by Gasteiger charge is -2.06. The minimum atomic E-state index is -0.289. The molecule has 0 heterocycles. The van der Waals surface area contributed by atoms with Crippen molar-refractivity contribution in [2.24, 2.45) is 0 Å². The molecule has 0 atom stereocenters. The van der Waals surface area contributed by atoms with Crippen LogP contribution in [0.1, 0.15) is 22.8 Å². The third-order valence-corrected chi connectivity index (χ3v) is 3.00. The Balaban J connectivity index is 2.27. The quantitative estimate of drug-likeness (QED) is 0.675. The maximum Gasteiger partial charge on any atom is 0.338 e. The van der Waals surface area contributed by atoms with Gasteiger partial charge in [-0.2, -0.15) is 0 Å². The van der Waals surface area contributed by atoms with Crippen LogP contribution in [0.3, 0.4) is 0 Å². The molecule has 0 aromatic heterocycles. The summed E-state index contributed by atoms with van der Waals surface area (Å²) in [6.07, 6.45) is 0. The molecule has 0 aliphatic heterocycles. The van der Waals surface area contributed by atoms with Crippen LogP contribution in [0.5, 0.6) is 0 Å². The SMILES string of the molecule is CCOC(=O)c1ccc(-c2ccc(N)c(C)c2)cc1. The molecule has 0 unspecified atom stereocenters. The van der Waals surface area contributed by atoms with Crippen molar-refractivity contribution in [3.63, 3.8) is 0 Å². The summed E-state index contributed by atoms with van der Waals surface area (Å²) in [5, 5.41) is 0. The average molecular weight is 255 g/mol. The second-order valence-electron chi connectivity index (χ2n) is 4.37. The lowest BCUT2D eigenvalue weighted by molar-refractivity contribution is 0.0526. The molecule has 0 saturated heterocycles. The van der Waals surface area contributed by atoms with E-state index in [-0.39, 0.29) is 5.97 Å². The minimum Gasteiger partial charge on any atom is -0.462 e. The number of nitrogen functional groups attached to an aromatic ring is 1. The van der Waals surface area contributed by atoms with Gasteiger partial charge in [0, 0.05) is 5.69 Å². The lowest BCUT2D eigenvalue weighted by atomic mass is 10.0. The third-order valence-electron chi connectivity index (χ3n) is 3.00. The highest BCUT2D eigenvalue weighted by molar-refractivity contribution is 5.90. The maximum atomic E-state index is 11.6. The molecule has 0 amide bonds. The van der Waals surface area contributed by atoms with Gasteiger partial charge in [0.05, 0.1) is 12.2 Å². The van der Waals surface area contributed by atoms with E-state index in [0.717, 1.165) is 22.4 Å². The summed E-state index contributed by atoms with van der Waals surface area (Å²) in [6, 6.07) is 13.3. The molecule has 0 bridgehead atoms. The van der Waals surface area contributed by atoms with Gasteiger partial charge in [-0.25, -0.2) is 4.79 Å². The fourth-order valence-corrected chi connectivity index (χ4v) is 1.87. The monoisotopic (exact) mass is 255 g/mol. The van der Waals surface area contributed by atoms with Crippen molar-refractivity contribution < 1.29 is 9.53 Å². The van der Waals surface area contributed by atoms with Crippen LogP contribution in [0.25, 0.3) is 11.1 Å². The van der Waals surface area contributed by atoms with Crippen LogP contribution in [0, 0.1) is 6.92 Å². The van der Waals surface area contributed by atoms with Crippen molar-refractivity contribution in [3.05, 3.63) is 53.6 Å². The van der Waals surface area contributed by atoms with E-state index in [1.807, 2.05) is 37.3 Å². The van der Waals surface area contributed by atoms with Crippen molar-refractivity contribution in [1.82, 2.24) is 0 Å². The van der Waals surface area contributed by atoms with E-state index in [1.54, 1.807) is 19.1 Å². The predicted molar refractivity (Wildman–Crippen MR) is 77.0 cm³/mol. The normalized spacial score (nSPS) is 10.2. The van der Waals surface area contributed by atoms with Crippen LogP contribution in [0.15, 0.2) is 42.5 Å². The Labute approximate surface area is 113 Å². The number of carbonyl (C=O) groups excluding carboxylic acids is 1. The summed E-state index contributed by atoms with van der Waals surface area (Å²) in [5.74, 6) is -0.289. The Morgan fingerprint density at radius 3 is 2.32 bits per heavy atom. The smallest absolute Gasteiger partial charge is 0.338 e. The Hall–Kier alpha value is -2.29. The van der Waals surface area contributed by atoms with Gasteiger partial charge in [-0.05, 0) is 54.8 Å². The third kappa shape index (κ3) is 2.94. The summed E-state index contributed by atoms with van der Waals surface area (Å²) in [5.41, 5.74) is 10.3. The Morgan fingerprint density at radius 1 is 1.11 bits per heavy atom. The number of carbonyl (C=O) groups is 1. The molecule has 98 valence electrons. The Bertz CT molecular complexity index is 588. The summed E-state index contributed by atoms with van der Waals surface area (Å²) in [6.45, 7) is 4.16. The van der Waals surface area contributed by atoms with Crippen LogP contribution < -0.4 is 5.73 Å². The van der Waals surface area contributed by atoms with Gasteiger partial charge in [0.2, 0.25) is 0 Å². The molecule has 2 N–H and O–H groups in total. The van der Waals surface area contributed by atoms with Crippen LogP contribution in [0.4, 0.5) is 5.69 Å². The van der Waals surface area contributed by atoms with Crippen LogP contribution in [-0.2, 0) is 4.74 Å². The number of benzene rings is 2. The molecule has 0 saturated carbocycles. The van der Waals surface area contributed by atoms with Gasteiger partial charge >= 0.3 is 5.97 Å². The van der Waals surface area contributed by atoms with Gasteiger partial charge in [-0.1, -0.05) is 18.2 Å². The molecule has 0 aliphatic rings. The fourth-order valence-electron chi connectivity index (χ4n) is 1.87. The van der Waals surface area contributed by atoms with Gasteiger partial charge in [0.15, 0.2) is 0 Å². The first-order chi connectivity index (χ1) is 9.11. The standard InChI is InChI=1S/C16H17NO2/c1-3-19-16(18)13-6-4-12(5-7-13)14-8-9-15(17)11(2)10-14/h4-10H,3,17H2,1-2H3. The molecular formula is C16H17NO2. The van der Waals surface area contributed by atoms with Crippen molar-refractivity contribution in [3.8, 4) is 11.1 Å². The average Bonchev–Trinajstić information content (AvgIpc) is 2.42. The van der Waals surface area contributed by atoms with Gasteiger partial charge in [0.25, 0.3) is 0 Å². The van der Waals surface area contributed by atoms with E-state index in [4.69, 9.17) is 10.5 Å². The molecule has 2 rings (SSSR count). The summed E-state index contributed by atoms with van der Waals surface area (Å²) >= 11 is 0. The Morgan fingerprint density at radius 2 is 1.74 bits per heavy atom. The first-order valence-electron chi connectivity index (χ1n) is 6.25. The predicted octanol–water partition coefficient (Wildman–Crippen LogP) is 3.42. The van der Waals surface area contributed by atoms with E-state index in [1.165, 1.54) is 0 Å². The van der Waals surface area contributed by atoms with Gasteiger partial charge in [-0.3, -0.25) is 0 Å². The second kappa shape index (κ2) is 5.57. The number of ether oxygens (including phenoxy) is 1.